The Morgan fingerprint density at radius 1 is 0.636 bits per heavy atom. The second kappa shape index (κ2) is 6.33. The summed E-state index contributed by atoms with van der Waals surface area (Å²) < 4.78 is 0. The number of rotatable bonds is 0. The van der Waals surface area contributed by atoms with Crippen LogP contribution in [0, 0.1) is 0 Å². The van der Waals surface area contributed by atoms with Gasteiger partial charge in [-0.25, -0.2) is 0 Å². The minimum absolute atomic E-state index is 0. The molecule has 0 atom stereocenters. The van der Waals surface area contributed by atoms with E-state index in [1.165, 1.54) is 0 Å². The molecule has 0 unspecified atom stereocenters. The number of hydrogen-bond acceptors (Lipinski definition) is 2. The summed E-state index contributed by atoms with van der Waals surface area (Å²) in [6.07, 6.45) is 0. The van der Waals surface area contributed by atoms with Crippen LogP contribution in [0.2, 0.25) is 0 Å². The molecule has 0 aromatic heterocycles. The van der Waals surface area contributed by atoms with Crippen molar-refractivity contribution < 1.29 is 36.4 Å². The first-order chi connectivity index (χ1) is 4.00. The first-order valence-corrected chi connectivity index (χ1v) is 3.41. The van der Waals surface area contributed by atoms with E-state index >= 15 is 0 Å². The van der Waals surface area contributed by atoms with Gasteiger partial charge in [0.2, 0.25) is 0 Å². The Bertz CT molecular complexity index is 55.1. The topological polar surface area (TPSA) is 46.1 Å². The van der Waals surface area contributed by atoms with Crippen molar-refractivity contribution >= 4 is 0 Å². The van der Waals surface area contributed by atoms with Crippen molar-refractivity contribution in [1.29, 1.82) is 0 Å². The first kappa shape index (κ1) is 17.8. The summed E-state index contributed by atoms with van der Waals surface area (Å²) in [5, 5.41) is 20.2. The van der Waals surface area contributed by atoms with Crippen LogP contribution in [0.25, 0.3) is 0 Å². The normalized spacial score (nSPS) is 10.9. The molecule has 0 fully saturated rings. The average molecular weight is 237 g/mol. The maximum atomic E-state index is 10.1. The number of hydrogen-bond donors (Lipinski definition) is 0. The van der Waals surface area contributed by atoms with E-state index in [0.29, 0.717) is 0 Å². The van der Waals surface area contributed by atoms with E-state index in [-0.39, 0.29) is 26.2 Å². The Kier molecular flexibility index (Phi) is 10.2. The van der Waals surface area contributed by atoms with Crippen LogP contribution >= 0.6 is 0 Å². The van der Waals surface area contributed by atoms with Crippen molar-refractivity contribution in [3.8, 4) is 0 Å². The van der Waals surface area contributed by atoms with Crippen molar-refractivity contribution in [3.63, 3.8) is 0 Å². The molecule has 0 bridgehead atoms. The summed E-state index contributed by atoms with van der Waals surface area (Å²) in [6, 6.07) is 0. The van der Waals surface area contributed by atoms with E-state index in [1.54, 1.807) is 41.5 Å². The summed E-state index contributed by atoms with van der Waals surface area (Å²) >= 11 is 0. The molecule has 66 valence electrons. The predicted octanol–water partition coefficient (Wildman–Crippen LogP) is 0.288. The molecular weight excluding hydrogens is 219 g/mol. The zero-order valence-electron chi connectivity index (χ0n) is 8.32. The molecule has 0 radical (unpaired) electrons. The Morgan fingerprint density at radius 2 is 0.636 bits per heavy atom. The smallest absolute Gasteiger partial charge is 0.850 e. The molecule has 0 aromatic rings. The van der Waals surface area contributed by atoms with Crippen LogP contribution in [0.15, 0.2) is 0 Å². The van der Waals surface area contributed by atoms with E-state index in [1.807, 2.05) is 0 Å². The minimum atomic E-state index is -0.750. The summed E-state index contributed by atoms with van der Waals surface area (Å²) in [7, 11) is 0. The van der Waals surface area contributed by atoms with Gasteiger partial charge in [0.05, 0.1) is 0 Å². The van der Waals surface area contributed by atoms with Crippen molar-refractivity contribution in [1.82, 2.24) is 0 Å². The Labute approximate surface area is 89.1 Å². The van der Waals surface area contributed by atoms with Crippen molar-refractivity contribution in [2.24, 2.45) is 0 Å². The minimum Gasteiger partial charge on any atom is -0.850 e. The molecule has 0 amide bonds. The third kappa shape index (κ3) is 1300. The molecule has 0 aromatic carbocycles. The average Bonchev–Trinajstić information content (AvgIpc) is 1.12. The van der Waals surface area contributed by atoms with Crippen molar-refractivity contribution in [2.45, 2.75) is 52.7 Å². The van der Waals surface area contributed by atoms with Gasteiger partial charge in [0.1, 0.15) is 0 Å². The molecule has 0 spiro atoms. The standard InChI is InChI=1S/2C4H9O.Zr/c2*1-4(2,3)5;/h2*1-3H3;/q2*-1;+2. The molecule has 0 N–H and O–H groups in total. The van der Waals surface area contributed by atoms with E-state index in [2.05, 4.69) is 0 Å². The van der Waals surface area contributed by atoms with Gasteiger partial charge >= 0.3 is 26.2 Å². The Balaban J connectivity index is -0.000000107. The van der Waals surface area contributed by atoms with E-state index < -0.39 is 11.2 Å². The van der Waals surface area contributed by atoms with Gasteiger partial charge in [0, 0.05) is 0 Å². The van der Waals surface area contributed by atoms with Crippen LogP contribution in [0.5, 0.6) is 0 Å². The SMILES string of the molecule is CC(C)(C)[O-].CC(C)(C)[O-].[Zr+2]. The van der Waals surface area contributed by atoms with Crippen LogP contribution in [-0.4, -0.2) is 11.2 Å². The fourth-order valence-corrected chi connectivity index (χ4v) is 0. The van der Waals surface area contributed by atoms with Gasteiger partial charge in [-0.3, -0.25) is 0 Å². The molecule has 11 heavy (non-hydrogen) atoms. The van der Waals surface area contributed by atoms with Gasteiger partial charge in [-0.1, -0.05) is 41.5 Å². The fourth-order valence-electron chi connectivity index (χ4n) is 0. The zero-order valence-corrected chi connectivity index (χ0v) is 10.8. The van der Waals surface area contributed by atoms with Crippen LogP contribution < -0.4 is 10.2 Å². The molecule has 3 heteroatoms. The fraction of sp³-hybridized carbons (Fsp3) is 1.00. The molecular formula is C8H18O2Zr. The van der Waals surface area contributed by atoms with Crippen molar-refractivity contribution in [2.75, 3.05) is 0 Å². The monoisotopic (exact) mass is 236 g/mol. The first-order valence-electron chi connectivity index (χ1n) is 3.41. The van der Waals surface area contributed by atoms with E-state index in [0.717, 1.165) is 0 Å². The molecule has 2 nitrogen and oxygen atoms in total. The summed E-state index contributed by atoms with van der Waals surface area (Å²) in [4.78, 5) is 0. The second-order valence-corrected chi connectivity index (χ2v) is 4.22. The molecule has 0 saturated carbocycles. The van der Waals surface area contributed by atoms with Crippen molar-refractivity contribution in [3.05, 3.63) is 0 Å². The molecule has 0 aliphatic carbocycles. The molecule has 0 heterocycles. The van der Waals surface area contributed by atoms with Crippen LogP contribution in [0.1, 0.15) is 41.5 Å². The summed E-state index contributed by atoms with van der Waals surface area (Å²) in [5.74, 6) is 0. The Hall–Kier alpha value is 0.803. The molecule has 0 aliphatic rings. The Morgan fingerprint density at radius 3 is 0.636 bits per heavy atom. The van der Waals surface area contributed by atoms with Gasteiger partial charge in [-0.2, -0.15) is 0 Å². The van der Waals surface area contributed by atoms with Gasteiger partial charge in [-0.05, 0) is 0 Å². The maximum Gasteiger partial charge on any atom is 2.00 e. The molecule has 0 rings (SSSR count). The third-order valence-electron chi connectivity index (χ3n) is 0. The van der Waals surface area contributed by atoms with Crippen LogP contribution in [0.4, 0.5) is 0 Å². The largest absolute Gasteiger partial charge is 2.00 e. The zero-order chi connectivity index (χ0) is 9.00. The van der Waals surface area contributed by atoms with Gasteiger partial charge < -0.3 is 10.2 Å². The third-order valence-corrected chi connectivity index (χ3v) is 0. The summed E-state index contributed by atoms with van der Waals surface area (Å²) in [5.41, 5.74) is -1.50. The molecule has 0 aliphatic heterocycles. The van der Waals surface area contributed by atoms with Gasteiger partial charge in [0.25, 0.3) is 0 Å². The molecule has 0 saturated heterocycles. The van der Waals surface area contributed by atoms with E-state index in [9.17, 15) is 10.2 Å². The van der Waals surface area contributed by atoms with Gasteiger partial charge in [0.15, 0.2) is 0 Å². The van der Waals surface area contributed by atoms with Crippen LogP contribution in [-0.2, 0) is 26.2 Å². The summed E-state index contributed by atoms with van der Waals surface area (Å²) in [6.45, 7) is 9.79. The van der Waals surface area contributed by atoms with Gasteiger partial charge in [-0.15, -0.1) is 11.2 Å². The van der Waals surface area contributed by atoms with E-state index in [4.69, 9.17) is 0 Å². The second-order valence-electron chi connectivity index (χ2n) is 4.22. The predicted molar refractivity (Wildman–Crippen MR) is 39.5 cm³/mol. The quantitative estimate of drug-likeness (QED) is 0.608. The van der Waals surface area contributed by atoms with Crippen LogP contribution in [0.3, 0.4) is 0 Å². The maximum absolute atomic E-state index is 10.1.